The number of hydrogen-bond donors (Lipinski definition) is 2. The van der Waals surface area contributed by atoms with Gasteiger partial charge in [-0.3, -0.25) is 4.79 Å². The van der Waals surface area contributed by atoms with Gasteiger partial charge >= 0.3 is 0 Å². The van der Waals surface area contributed by atoms with Gasteiger partial charge in [0.15, 0.2) is 5.82 Å². The number of amides is 1. The second-order valence-electron chi connectivity index (χ2n) is 6.58. The van der Waals surface area contributed by atoms with Crippen molar-refractivity contribution >= 4 is 11.6 Å². The highest BCUT2D eigenvalue weighted by molar-refractivity contribution is 6.03. The summed E-state index contributed by atoms with van der Waals surface area (Å²) in [5, 5.41) is 10.4. The fraction of sp³-hybridized carbons (Fsp3) is 0.286. The number of carbonyl (C=O) groups is 1. The number of anilines is 1. The molecule has 0 unspecified atom stereocenters. The lowest BCUT2D eigenvalue weighted by molar-refractivity contribution is 0.0277. The van der Waals surface area contributed by atoms with Crippen molar-refractivity contribution in [3.63, 3.8) is 0 Å². The van der Waals surface area contributed by atoms with E-state index in [9.17, 15) is 4.79 Å². The number of rotatable bonds is 6. The molecule has 1 aliphatic heterocycles. The van der Waals surface area contributed by atoms with Gasteiger partial charge in [0.2, 0.25) is 5.88 Å². The van der Waals surface area contributed by atoms with Gasteiger partial charge in [-0.25, -0.2) is 4.68 Å². The number of aromatic nitrogens is 3. The lowest BCUT2D eigenvalue weighted by Crippen LogP contribution is -2.33. The Hall–Kier alpha value is -3.23. The molecule has 3 heterocycles. The predicted octanol–water partition coefficient (Wildman–Crippen LogP) is 2.58. The summed E-state index contributed by atoms with van der Waals surface area (Å²) in [6.07, 6.45) is 3.20. The van der Waals surface area contributed by atoms with Crippen molar-refractivity contribution < 1.29 is 14.3 Å². The summed E-state index contributed by atoms with van der Waals surface area (Å²) in [5.74, 6) is 0.865. The van der Waals surface area contributed by atoms with Crippen LogP contribution in [-0.2, 0) is 4.74 Å². The Morgan fingerprint density at radius 2 is 2.17 bits per heavy atom. The van der Waals surface area contributed by atoms with E-state index in [0.717, 1.165) is 18.7 Å². The first kappa shape index (κ1) is 19.1. The van der Waals surface area contributed by atoms with Crippen LogP contribution >= 0.6 is 0 Å². The van der Waals surface area contributed by atoms with Crippen molar-refractivity contribution in [2.45, 2.75) is 13.0 Å². The van der Waals surface area contributed by atoms with Crippen LogP contribution in [0.1, 0.15) is 28.9 Å². The fourth-order valence-electron chi connectivity index (χ4n) is 3.09. The molecule has 1 amide bonds. The van der Waals surface area contributed by atoms with Gasteiger partial charge in [0.1, 0.15) is 0 Å². The summed E-state index contributed by atoms with van der Waals surface area (Å²) in [7, 11) is 0. The molecule has 1 saturated heterocycles. The van der Waals surface area contributed by atoms with Gasteiger partial charge in [0.05, 0.1) is 31.1 Å². The van der Waals surface area contributed by atoms with Gasteiger partial charge in [-0.05, 0) is 30.7 Å². The lowest BCUT2D eigenvalue weighted by Gasteiger charge is -2.24. The molecule has 0 radical (unpaired) electrons. The molecule has 0 aliphatic carbocycles. The molecule has 2 N–H and O–H groups in total. The highest BCUT2D eigenvalue weighted by Gasteiger charge is 2.16. The zero-order valence-electron chi connectivity index (χ0n) is 16.2. The maximum atomic E-state index is 12.6. The molecule has 1 aliphatic rings. The summed E-state index contributed by atoms with van der Waals surface area (Å²) >= 11 is 0. The molecule has 29 heavy (non-hydrogen) atoms. The minimum atomic E-state index is -0.236. The monoisotopic (exact) mass is 393 g/mol. The SMILES string of the molecule is CCOc1cccc(-n2cc(C(=O)Nc3ccc([C@H]4CNCCO4)cc3)cn2)n1. The Kier molecular flexibility index (Phi) is 5.83. The molecule has 8 nitrogen and oxygen atoms in total. The molecule has 0 bridgehead atoms. The first-order valence-electron chi connectivity index (χ1n) is 9.61. The zero-order valence-corrected chi connectivity index (χ0v) is 16.2. The van der Waals surface area contributed by atoms with Crippen LogP contribution in [0.15, 0.2) is 54.9 Å². The molecule has 150 valence electrons. The molecule has 1 aromatic carbocycles. The topological polar surface area (TPSA) is 90.3 Å². The Labute approximate surface area is 168 Å². The van der Waals surface area contributed by atoms with Gasteiger partial charge in [-0.15, -0.1) is 0 Å². The van der Waals surface area contributed by atoms with Crippen LogP contribution in [-0.4, -0.2) is 47.0 Å². The van der Waals surface area contributed by atoms with Gasteiger partial charge in [-0.2, -0.15) is 10.1 Å². The van der Waals surface area contributed by atoms with E-state index < -0.39 is 0 Å². The van der Waals surface area contributed by atoms with Crippen LogP contribution in [0.2, 0.25) is 0 Å². The first-order chi connectivity index (χ1) is 14.2. The fourth-order valence-corrected chi connectivity index (χ4v) is 3.09. The molecule has 1 atom stereocenters. The maximum Gasteiger partial charge on any atom is 0.258 e. The molecule has 1 fully saturated rings. The van der Waals surface area contributed by atoms with Gasteiger partial charge < -0.3 is 20.1 Å². The van der Waals surface area contributed by atoms with Crippen molar-refractivity contribution in [2.75, 3.05) is 31.6 Å². The average Bonchev–Trinajstić information content (AvgIpc) is 3.26. The summed E-state index contributed by atoms with van der Waals surface area (Å²) < 4.78 is 12.7. The summed E-state index contributed by atoms with van der Waals surface area (Å²) in [4.78, 5) is 16.9. The van der Waals surface area contributed by atoms with Crippen molar-refractivity contribution in [1.29, 1.82) is 0 Å². The largest absolute Gasteiger partial charge is 0.478 e. The number of nitrogens with one attached hydrogen (secondary N) is 2. The number of pyridine rings is 1. The van der Waals surface area contributed by atoms with Crippen molar-refractivity contribution in [1.82, 2.24) is 20.1 Å². The van der Waals surface area contributed by atoms with Crippen LogP contribution in [0.3, 0.4) is 0 Å². The number of nitrogens with zero attached hydrogens (tertiary/aromatic N) is 3. The lowest BCUT2D eigenvalue weighted by atomic mass is 10.1. The molecular weight excluding hydrogens is 370 g/mol. The average molecular weight is 393 g/mol. The van der Waals surface area contributed by atoms with Gasteiger partial charge in [0, 0.05) is 31.0 Å². The summed E-state index contributed by atoms with van der Waals surface area (Å²) in [5.41, 5.74) is 2.24. The van der Waals surface area contributed by atoms with Crippen LogP contribution in [0.25, 0.3) is 5.82 Å². The Balaban J connectivity index is 1.42. The molecule has 8 heteroatoms. The Morgan fingerprint density at radius 3 is 2.93 bits per heavy atom. The highest BCUT2D eigenvalue weighted by atomic mass is 16.5. The number of morpholine rings is 1. The maximum absolute atomic E-state index is 12.6. The quantitative estimate of drug-likeness (QED) is 0.669. The van der Waals surface area contributed by atoms with E-state index in [1.54, 1.807) is 23.0 Å². The number of carbonyl (C=O) groups excluding carboxylic acids is 1. The standard InChI is InChI=1S/C21H23N5O3/c1-2-28-20-5-3-4-19(25-20)26-14-16(12-23-26)21(27)24-17-8-6-15(7-9-17)18-13-22-10-11-29-18/h3-9,12,14,18,22H,2,10-11,13H2,1H3,(H,24,27)/t18-/m1/s1. The third-order valence-electron chi connectivity index (χ3n) is 4.55. The third-order valence-corrected chi connectivity index (χ3v) is 4.55. The Morgan fingerprint density at radius 1 is 1.31 bits per heavy atom. The minimum Gasteiger partial charge on any atom is -0.478 e. The molecule has 4 rings (SSSR count). The van der Waals surface area contributed by atoms with Crippen molar-refractivity contribution in [3.8, 4) is 11.7 Å². The van der Waals surface area contributed by atoms with Gasteiger partial charge in [-0.1, -0.05) is 18.2 Å². The van der Waals surface area contributed by atoms with Crippen LogP contribution in [0.5, 0.6) is 5.88 Å². The van der Waals surface area contributed by atoms with E-state index in [0.29, 0.717) is 36.2 Å². The van der Waals surface area contributed by atoms with E-state index in [1.807, 2.05) is 37.3 Å². The molecule has 0 spiro atoms. The second-order valence-corrected chi connectivity index (χ2v) is 6.58. The molecule has 3 aromatic rings. The third kappa shape index (κ3) is 4.61. The summed E-state index contributed by atoms with van der Waals surface area (Å²) in [6, 6.07) is 13.1. The smallest absolute Gasteiger partial charge is 0.258 e. The van der Waals surface area contributed by atoms with Crippen LogP contribution in [0.4, 0.5) is 5.69 Å². The second kappa shape index (κ2) is 8.85. The number of ether oxygens (including phenoxy) is 2. The zero-order chi connectivity index (χ0) is 20.1. The van der Waals surface area contributed by atoms with Crippen LogP contribution in [0, 0.1) is 0 Å². The normalized spacial score (nSPS) is 16.4. The first-order valence-corrected chi connectivity index (χ1v) is 9.61. The molecule has 0 saturated carbocycles. The number of benzene rings is 1. The molecular formula is C21H23N5O3. The van der Waals surface area contributed by atoms with Crippen LogP contribution < -0.4 is 15.4 Å². The van der Waals surface area contributed by atoms with E-state index in [4.69, 9.17) is 9.47 Å². The van der Waals surface area contributed by atoms with Gasteiger partial charge in [0.25, 0.3) is 5.91 Å². The van der Waals surface area contributed by atoms with E-state index in [-0.39, 0.29) is 12.0 Å². The van der Waals surface area contributed by atoms with Crippen molar-refractivity contribution in [2.24, 2.45) is 0 Å². The number of hydrogen-bond acceptors (Lipinski definition) is 6. The molecule has 2 aromatic heterocycles. The van der Waals surface area contributed by atoms with Crippen molar-refractivity contribution in [3.05, 3.63) is 66.0 Å². The van der Waals surface area contributed by atoms with E-state index >= 15 is 0 Å². The Bertz CT molecular complexity index is 964. The predicted molar refractivity (Wildman–Crippen MR) is 108 cm³/mol. The highest BCUT2D eigenvalue weighted by Crippen LogP contribution is 2.21. The van der Waals surface area contributed by atoms with E-state index in [2.05, 4.69) is 20.7 Å². The minimum absolute atomic E-state index is 0.0479. The van der Waals surface area contributed by atoms with E-state index in [1.165, 1.54) is 6.20 Å². The summed E-state index contributed by atoms with van der Waals surface area (Å²) in [6.45, 7) is 4.81.